The molecule has 1 aliphatic heterocycles. The van der Waals surface area contributed by atoms with Crippen LogP contribution in [0.4, 0.5) is 5.95 Å². The van der Waals surface area contributed by atoms with Crippen LogP contribution in [0.2, 0.25) is 0 Å². The molecule has 72 valence electrons. The van der Waals surface area contributed by atoms with Crippen molar-refractivity contribution >= 4 is 5.95 Å². The molecule has 4 heteroatoms. The minimum absolute atomic E-state index is 0.315. The molecule has 1 unspecified atom stereocenters. The van der Waals surface area contributed by atoms with E-state index in [-0.39, 0.29) is 0 Å². The lowest BCUT2D eigenvalue weighted by Gasteiger charge is -2.13. The molecule has 0 radical (unpaired) electrons. The molecule has 1 saturated heterocycles. The van der Waals surface area contributed by atoms with Crippen LogP contribution in [0.15, 0.2) is 6.20 Å². The van der Waals surface area contributed by atoms with Gasteiger partial charge in [0.2, 0.25) is 5.95 Å². The fourth-order valence-electron chi connectivity index (χ4n) is 1.67. The number of nitrogens with zero attached hydrogens (tertiary/aromatic N) is 2. The van der Waals surface area contributed by atoms with E-state index in [4.69, 9.17) is 5.73 Å². The smallest absolute Gasteiger partial charge is 0.203 e. The molecule has 0 aromatic carbocycles. The summed E-state index contributed by atoms with van der Waals surface area (Å²) in [7, 11) is 0. The highest BCUT2D eigenvalue weighted by atomic mass is 15.3. The molecule has 0 saturated carbocycles. The molecule has 1 fully saturated rings. The van der Waals surface area contributed by atoms with Crippen molar-refractivity contribution in [3.05, 3.63) is 11.9 Å². The van der Waals surface area contributed by atoms with Crippen molar-refractivity contribution in [2.75, 3.05) is 18.0 Å². The van der Waals surface area contributed by atoms with Crippen molar-refractivity contribution < 1.29 is 0 Å². The van der Waals surface area contributed by atoms with Crippen LogP contribution in [0.3, 0.4) is 0 Å². The summed E-state index contributed by atoms with van der Waals surface area (Å²) in [6.07, 6.45) is 3.98. The van der Waals surface area contributed by atoms with Crippen molar-refractivity contribution in [3.8, 4) is 0 Å². The predicted molar refractivity (Wildman–Crippen MR) is 52.8 cm³/mol. The normalized spacial score (nSPS) is 22.6. The zero-order valence-corrected chi connectivity index (χ0v) is 7.95. The van der Waals surface area contributed by atoms with E-state index in [0.717, 1.165) is 31.9 Å². The summed E-state index contributed by atoms with van der Waals surface area (Å²) < 4.78 is 0. The second-order valence-corrected chi connectivity index (χ2v) is 3.58. The summed E-state index contributed by atoms with van der Waals surface area (Å²) in [5.41, 5.74) is 7.01. The van der Waals surface area contributed by atoms with E-state index in [1.807, 2.05) is 6.20 Å². The van der Waals surface area contributed by atoms with E-state index in [1.54, 1.807) is 0 Å². The van der Waals surface area contributed by atoms with Gasteiger partial charge in [0.25, 0.3) is 0 Å². The largest absolute Gasteiger partial charge is 0.341 e. The van der Waals surface area contributed by atoms with Crippen molar-refractivity contribution in [1.29, 1.82) is 0 Å². The fourth-order valence-corrected chi connectivity index (χ4v) is 1.67. The van der Waals surface area contributed by atoms with Gasteiger partial charge in [0, 0.05) is 24.8 Å². The number of aryl methyl sites for hydroxylation is 1. The first kappa shape index (κ1) is 8.56. The van der Waals surface area contributed by atoms with E-state index in [9.17, 15) is 0 Å². The molecule has 0 aliphatic carbocycles. The van der Waals surface area contributed by atoms with Gasteiger partial charge < -0.3 is 15.6 Å². The molecule has 13 heavy (non-hydrogen) atoms. The van der Waals surface area contributed by atoms with Crippen LogP contribution >= 0.6 is 0 Å². The zero-order chi connectivity index (χ0) is 9.26. The van der Waals surface area contributed by atoms with Crippen molar-refractivity contribution in [2.24, 2.45) is 5.73 Å². The number of hydrogen-bond acceptors (Lipinski definition) is 3. The molecule has 1 aromatic heterocycles. The molecule has 1 atom stereocenters. The number of hydrogen-bond donors (Lipinski definition) is 2. The van der Waals surface area contributed by atoms with E-state index in [2.05, 4.69) is 21.8 Å². The molecule has 4 nitrogen and oxygen atoms in total. The molecule has 0 spiro atoms. The van der Waals surface area contributed by atoms with Gasteiger partial charge in [0.15, 0.2) is 0 Å². The van der Waals surface area contributed by atoms with Gasteiger partial charge in [0.05, 0.1) is 6.20 Å². The van der Waals surface area contributed by atoms with E-state index < -0.39 is 0 Å². The monoisotopic (exact) mass is 180 g/mol. The summed E-state index contributed by atoms with van der Waals surface area (Å²) in [4.78, 5) is 9.82. The van der Waals surface area contributed by atoms with Crippen LogP contribution in [-0.2, 0) is 6.42 Å². The second-order valence-electron chi connectivity index (χ2n) is 3.58. The summed E-state index contributed by atoms with van der Waals surface area (Å²) in [6.45, 7) is 4.07. The average Bonchev–Trinajstić information content (AvgIpc) is 2.71. The highest BCUT2D eigenvalue weighted by Crippen LogP contribution is 2.15. The molecule has 2 rings (SSSR count). The maximum Gasteiger partial charge on any atom is 0.203 e. The van der Waals surface area contributed by atoms with Gasteiger partial charge >= 0.3 is 0 Å². The summed E-state index contributed by atoms with van der Waals surface area (Å²) in [5, 5.41) is 0. The van der Waals surface area contributed by atoms with Gasteiger partial charge in [-0.1, -0.05) is 6.92 Å². The average molecular weight is 180 g/mol. The second kappa shape index (κ2) is 3.38. The number of anilines is 1. The predicted octanol–water partition coefficient (Wildman–Crippen LogP) is 0.510. The minimum Gasteiger partial charge on any atom is -0.341 e. The lowest BCUT2D eigenvalue weighted by atomic mass is 10.3. The van der Waals surface area contributed by atoms with Crippen molar-refractivity contribution in [1.82, 2.24) is 9.97 Å². The highest BCUT2D eigenvalue weighted by molar-refractivity contribution is 5.33. The van der Waals surface area contributed by atoms with Gasteiger partial charge in [-0.2, -0.15) is 0 Å². The van der Waals surface area contributed by atoms with Gasteiger partial charge in [0.1, 0.15) is 0 Å². The Balaban J connectivity index is 2.08. The third-order valence-electron chi connectivity index (χ3n) is 2.52. The molecule has 0 amide bonds. The Morgan fingerprint density at radius 1 is 1.77 bits per heavy atom. The first-order chi connectivity index (χ1) is 6.29. The Hall–Kier alpha value is -1.03. The van der Waals surface area contributed by atoms with Crippen molar-refractivity contribution in [2.45, 2.75) is 25.8 Å². The topological polar surface area (TPSA) is 57.9 Å². The molecular weight excluding hydrogens is 164 g/mol. The first-order valence-electron chi connectivity index (χ1n) is 4.84. The Morgan fingerprint density at radius 3 is 3.15 bits per heavy atom. The van der Waals surface area contributed by atoms with Crippen LogP contribution in [-0.4, -0.2) is 29.1 Å². The maximum absolute atomic E-state index is 5.82. The molecule has 1 aliphatic rings. The standard InChI is InChI=1S/C9H16N4/c1-2-8-5-11-9(12-8)13-4-3-7(10)6-13/h5,7H,2-4,6,10H2,1H3,(H,11,12). The Morgan fingerprint density at radius 2 is 2.62 bits per heavy atom. The Kier molecular flexibility index (Phi) is 2.22. The number of nitrogens with two attached hydrogens (primary N) is 1. The molecule has 1 aromatic rings. The summed E-state index contributed by atoms with van der Waals surface area (Å²) in [6, 6.07) is 0.315. The Labute approximate surface area is 78.1 Å². The van der Waals surface area contributed by atoms with E-state index >= 15 is 0 Å². The number of imidazole rings is 1. The van der Waals surface area contributed by atoms with Crippen LogP contribution in [0, 0.1) is 0 Å². The SMILES string of the molecule is CCc1cnc(N2CCC(N)C2)[nH]1. The molecule has 3 N–H and O–H groups in total. The van der Waals surface area contributed by atoms with Gasteiger partial charge in [-0.25, -0.2) is 4.98 Å². The minimum atomic E-state index is 0.315. The summed E-state index contributed by atoms with van der Waals surface area (Å²) >= 11 is 0. The molecular formula is C9H16N4. The number of nitrogens with one attached hydrogen (secondary N) is 1. The fraction of sp³-hybridized carbons (Fsp3) is 0.667. The van der Waals surface area contributed by atoms with Gasteiger partial charge in [-0.3, -0.25) is 0 Å². The number of aromatic nitrogens is 2. The van der Waals surface area contributed by atoms with E-state index in [0.29, 0.717) is 6.04 Å². The zero-order valence-electron chi connectivity index (χ0n) is 7.95. The quantitative estimate of drug-likeness (QED) is 0.697. The van der Waals surface area contributed by atoms with Crippen LogP contribution in [0.25, 0.3) is 0 Å². The van der Waals surface area contributed by atoms with Crippen LogP contribution in [0.5, 0.6) is 0 Å². The third-order valence-corrected chi connectivity index (χ3v) is 2.52. The number of rotatable bonds is 2. The third kappa shape index (κ3) is 1.67. The van der Waals surface area contributed by atoms with Crippen LogP contribution in [0.1, 0.15) is 19.0 Å². The molecule has 0 bridgehead atoms. The Bertz CT molecular complexity index is 281. The van der Waals surface area contributed by atoms with E-state index in [1.165, 1.54) is 5.69 Å². The lowest BCUT2D eigenvalue weighted by Crippen LogP contribution is -2.26. The first-order valence-corrected chi connectivity index (χ1v) is 4.84. The number of aromatic amines is 1. The lowest BCUT2D eigenvalue weighted by molar-refractivity contribution is 0.750. The molecule has 2 heterocycles. The summed E-state index contributed by atoms with van der Waals surface area (Å²) in [5.74, 6) is 0.977. The highest BCUT2D eigenvalue weighted by Gasteiger charge is 2.20. The van der Waals surface area contributed by atoms with Crippen molar-refractivity contribution in [3.63, 3.8) is 0 Å². The number of H-pyrrole nitrogens is 1. The van der Waals surface area contributed by atoms with Crippen LogP contribution < -0.4 is 10.6 Å². The van der Waals surface area contributed by atoms with Gasteiger partial charge in [-0.15, -0.1) is 0 Å². The van der Waals surface area contributed by atoms with Gasteiger partial charge in [-0.05, 0) is 12.8 Å². The maximum atomic E-state index is 5.82.